The molecule has 0 unspecified atom stereocenters. The predicted molar refractivity (Wildman–Crippen MR) is 207 cm³/mol. The van der Waals surface area contributed by atoms with Crippen LogP contribution in [-0.4, -0.2) is 21.7 Å². The summed E-state index contributed by atoms with van der Waals surface area (Å²) in [5, 5.41) is 4.28. The minimum absolute atomic E-state index is 0.355. The van der Waals surface area contributed by atoms with Crippen molar-refractivity contribution in [2.75, 3.05) is 0 Å². The summed E-state index contributed by atoms with van der Waals surface area (Å²) in [5.41, 5.74) is 12.6. The molecule has 6 heteroatoms. The zero-order valence-electron chi connectivity index (χ0n) is 27.2. The van der Waals surface area contributed by atoms with Crippen LogP contribution >= 0.6 is 0 Å². The molecule has 0 aliphatic carbocycles. The number of hydrogen-bond donors (Lipinski definition) is 0. The highest BCUT2D eigenvalue weighted by atomic mass is 16.3. The molecule has 0 bridgehead atoms. The fourth-order valence-corrected chi connectivity index (χ4v) is 7.87. The zero-order valence-corrected chi connectivity index (χ0v) is 27.2. The van der Waals surface area contributed by atoms with E-state index in [0.717, 1.165) is 88.2 Å². The summed E-state index contributed by atoms with van der Waals surface area (Å²) in [6.45, 7) is -0.355. The van der Waals surface area contributed by atoms with Crippen molar-refractivity contribution >= 4 is 67.2 Å². The van der Waals surface area contributed by atoms with Crippen molar-refractivity contribution in [3.63, 3.8) is 0 Å². The van der Waals surface area contributed by atoms with E-state index in [4.69, 9.17) is 23.8 Å². The second-order valence-electron chi connectivity index (χ2n) is 13.1. The highest BCUT2D eigenvalue weighted by Gasteiger charge is 2.36. The largest absolute Gasteiger partial charge is 0.456 e. The third kappa shape index (κ3) is 4.33. The van der Waals surface area contributed by atoms with Crippen LogP contribution in [0.2, 0.25) is 0 Å². The monoisotopic (exact) mass is 651 g/mol. The molecule has 0 saturated carbocycles. The summed E-state index contributed by atoms with van der Waals surface area (Å²) < 4.78 is 13.0. The van der Waals surface area contributed by atoms with E-state index in [-0.39, 0.29) is 6.71 Å². The van der Waals surface area contributed by atoms with Crippen molar-refractivity contribution in [1.82, 2.24) is 15.0 Å². The minimum Gasteiger partial charge on any atom is -0.456 e. The van der Waals surface area contributed by atoms with E-state index in [0.29, 0.717) is 17.4 Å². The molecule has 51 heavy (non-hydrogen) atoms. The number of rotatable bonds is 3. The van der Waals surface area contributed by atoms with E-state index in [1.807, 2.05) is 60.7 Å². The Morgan fingerprint density at radius 3 is 1.27 bits per heavy atom. The lowest BCUT2D eigenvalue weighted by molar-refractivity contribution is 0.668. The average Bonchev–Trinajstić information content (AvgIpc) is 3.72. The van der Waals surface area contributed by atoms with E-state index in [1.165, 1.54) is 0 Å². The van der Waals surface area contributed by atoms with Gasteiger partial charge in [-0.25, -0.2) is 15.0 Å². The van der Waals surface area contributed by atoms with Gasteiger partial charge in [0.2, 0.25) is 0 Å². The Morgan fingerprint density at radius 1 is 0.353 bits per heavy atom. The normalized spacial score (nSPS) is 12.3. The van der Waals surface area contributed by atoms with E-state index >= 15 is 0 Å². The van der Waals surface area contributed by atoms with Crippen LogP contribution in [0.5, 0.6) is 0 Å². The lowest BCUT2D eigenvalue weighted by Gasteiger charge is -2.18. The number of furan rings is 2. The van der Waals surface area contributed by atoms with E-state index < -0.39 is 0 Å². The average molecular weight is 652 g/mol. The fourth-order valence-electron chi connectivity index (χ4n) is 7.87. The summed E-state index contributed by atoms with van der Waals surface area (Å²) in [6, 6.07) is 54.5. The molecule has 1 aliphatic heterocycles. The molecule has 1 aliphatic rings. The molecule has 5 nitrogen and oxygen atoms in total. The standard InChI is InChI=1S/C45H26BN3O2/c1-3-13-27(14-4-1)43-47-44(28-15-5-2-6-16-28)49-45(48-43)46-37-23-35-31-19-9-11-21-39(31)50-41(35)25-33(37)29-17-7-8-18-30(29)34-26-42-36(24-38(34)46)32-20-10-12-22-40(32)51-42/h1-26H. The maximum absolute atomic E-state index is 6.49. The summed E-state index contributed by atoms with van der Waals surface area (Å²) in [7, 11) is 0. The van der Waals surface area contributed by atoms with Gasteiger partial charge in [-0.1, -0.05) is 144 Å². The molecule has 0 spiro atoms. The van der Waals surface area contributed by atoms with Gasteiger partial charge in [0.25, 0.3) is 6.71 Å². The van der Waals surface area contributed by atoms with Crippen LogP contribution in [0, 0.1) is 0 Å². The third-order valence-corrected chi connectivity index (χ3v) is 10.2. The highest BCUT2D eigenvalue weighted by Crippen LogP contribution is 2.40. The van der Waals surface area contributed by atoms with Crippen molar-refractivity contribution < 1.29 is 8.83 Å². The van der Waals surface area contributed by atoms with Gasteiger partial charge in [0.1, 0.15) is 28.1 Å². The molecule has 0 fully saturated rings. The molecule has 0 radical (unpaired) electrons. The molecule has 0 N–H and O–H groups in total. The number of nitrogens with zero attached hydrogens (tertiary/aromatic N) is 3. The van der Waals surface area contributed by atoms with Crippen molar-refractivity contribution in [3.8, 4) is 45.0 Å². The molecule has 236 valence electrons. The Labute approximate surface area is 293 Å². The van der Waals surface area contributed by atoms with Gasteiger partial charge in [0, 0.05) is 32.7 Å². The second-order valence-corrected chi connectivity index (χ2v) is 13.1. The minimum atomic E-state index is -0.355. The maximum Gasteiger partial charge on any atom is 0.291 e. The Hall–Kier alpha value is -6.79. The van der Waals surface area contributed by atoms with E-state index in [9.17, 15) is 0 Å². The Balaban J connectivity index is 1.30. The van der Waals surface area contributed by atoms with Crippen LogP contribution in [0.15, 0.2) is 167 Å². The summed E-state index contributed by atoms with van der Waals surface area (Å²) in [5.74, 6) is 1.27. The van der Waals surface area contributed by atoms with Gasteiger partial charge in [0.05, 0.1) is 0 Å². The molecule has 4 heterocycles. The Morgan fingerprint density at radius 2 is 0.784 bits per heavy atom. The molecule has 10 aromatic rings. The number of hydrogen-bond acceptors (Lipinski definition) is 5. The molecular weight excluding hydrogens is 625 g/mol. The third-order valence-electron chi connectivity index (χ3n) is 10.2. The first-order valence-electron chi connectivity index (χ1n) is 17.1. The van der Waals surface area contributed by atoms with Crippen LogP contribution in [0.25, 0.3) is 88.9 Å². The first-order chi connectivity index (χ1) is 25.3. The van der Waals surface area contributed by atoms with Crippen LogP contribution in [-0.2, 0) is 0 Å². The molecule has 3 aromatic heterocycles. The number of fused-ring (bicyclic) bond motifs is 11. The smallest absolute Gasteiger partial charge is 0.291 e. The van der Waals surface area contributed by atoms with Crippen LogP contribution in [0.4, 0.5) is 0 Å². The van der Waals surface area contributed by atoms with Crippen molar-refractivity contribution in [3.05, 3.63) is 158 Å². The number of para-hydroxylation sites is 2. The summed E-state index contributed by atoms with van der Waals surface area (Å²) >= 11 is 0. The predicted octanol–water partition coefficient (Wildman–Crippen LogP) is 9.17. The lowest BCUT2D eigenvalue weighted by atomic mass is 9.38. The Kier molecular flexibility index (Phi) is 5.98. The van der Waals surface area contributed by atoms with E-state index in [1.54, 1.807) is 0 Å². The van der Waals surface area contributed by atoms with Gasteiger partial charge in [-0.05, 0) is 46.5 Å². The fraction of sp³-hybridized carbons (Fsp3) is 0. The topological polar surface area (TPSA) is 65.0 Å². The molecule has 7 aromatic carbocycles. The van der Waals surface area contributed by atoms with Crippen LogP contribution in [0.3, 0.4) is 0 Å². The summed E-state index contributed by atoms with van der Waals surface area (Å²) in [6.07, 6.45) is 0. The SMILES string of the molecule is c1ccc(-c2nc(B3c4cc5c(cc4-c4ccccc4-c4cc6oc7ccccc7c6cc43)oc3ccccc35)nc(-c3ccccc3)n2)cc1. The van der Waals surface area contributed by atoms with Crippen LogP contribution < -0.4 is 16.6 Å². The van der Waals surface area contributed by atoms with Crippen molar-refractivity contribution in [2.45, 2.75) is 0 Å². The molecule has 0 atom stereocenters. The van der Waals surface area contributed by atoms with E-state index in [2.05, 4.69) is 97.1 Å². The molecular formula is C45H26BN3O2. The highest BCUT2D eigenvalue weighted by molar-refractivity contribution is 6.96. The first-order valence-corrected chi connectivity index (χ1v) is 17.1. The van der Waals surface area contributed by atoms with Gasteiger partial charge < -0.3 is 8.83 Å². The first kappa shape index (κ1) is 28.1. The second kappa shape index (κ2) is 10.9. The van der Waals surface area contributed by atoms with Gasteiger partial charge in [-0.3, -0.25) is 0 Å². The van der Waals surface area contributed by atoms with Gasteiger partial charge in [-0.2, -0.15) is 0 Å². The van der Waals surface area contributed by atoms with Gasteiger partial charge in [-0.15, -0.1) is 0 Å². The van der Waals surface area contributed by atoms with Gasteiger partial charge >= 0.3 is 0 Å². The molecule has 0 saturated heterocycles. The Bertz CT molecular complexity index is 2790. The zero-order chi connectivity index (χ0) is 33.5. The van der Waals surface area contributed by atoms with Gasteiger partial charge in [0.15, 0.2) is 11.6 Å². The number of aromatic nitrogens is 3. The van der Waals surface area contributed by atoms with Crippen molar-refractivity contribution in [2.24, 2.45) is 0 Å². The number of benzene rings is 7. The van der Waals surface area contributed by atoms with Crippen LogP contribution in [0.1, 0.15) is 0 Å². The summed E-state index contributed by atoms with van der Waals surface area (Å²) in [4.78, 5) is 15.7. The lowest BCUT2D eigenvalue weighted by Crippen LogP contribution is -2.55. The van der Waals surface area contributed by atoms with Crippen molar-refractivity contribution in [1.29, 1.82) is 0 Å². The quantitative estimate of drug-likeness (QED) is 0.178. The molecule has 0 amide bonds. The molecule has 11 rings (SSSR count). The maximum atomic E-state index is 6.49.